The Hall–Kier alpha value is -4.18. The van der Waals surface area contributed by atoms with Crippen LogP contribution in [0.25, 0.3) is 33.4 Å². The third-order valence-electron chi connectivity index (χ3n) is 5.95. The number of aromatic nitrogens is 4. The van der Waals surface area contributed by atoms with E-state index >= 15 is 0 Å². The van der Waals surface area contributed by atoms with Crippen LogP contribution in [-0.4, -0.2) is 70.9 Å². The molecule has 0 fully saturated rings. The lowest BCUT2D eigenvalue weighted by molar-refractivity contribution is -0.880. The molecule has 0 spiro atoms. The molecular formula is C27H34N7O3+. The largest absolute Gasteiger partial charge is 0.493 e. The van der Waals surface area contributed by atoms with Gasteiger partial charge in [0.2, 0.25) is 0 Å². The number of carbonyl (C=O) groups excluding carboxylic acids is 1. The number of rotatable bonds is 11. The molecular weight excluding hydrogens is 470 g/mol. The molecule has 1 amide bonds. The number of carbonyl (C=O) groups is 1. The number of fused-ring (bicyclic) bond motifs is 1. The van der Waals surface area contributed by atoms with Crippen LogP contribution in [0.15, 0.2) is 53.3 Å². The molecule has 4 aromatic rings. The molecule has 0 bridgehead atoms. The number of nitrogens with zero attached hydrogens (tertiary/aromatic N) is 3. The van der Waals surface area contributed by atoms with Crippen molar-refractivity contribution in [2.75, 3.05) is 45.7 Å². The number of likely N-dealkylation sites (N-methyl/N-ethyl adjacent to an activating group) is 1. The summed E-state index contributed by atoms with van der Waals surface area (Å²) in [6.45, 7) is 6.30. The van der Waals surface area contributed by atoms with Gasteiger partial charge in [-0.05, 0) is 36.2 Å². The number of aromatic amines is 2. The SMILES string of the molecule is CC(C)COc1ccccc1-c1cc(-c2ccc3[nH]nc(NCC[N+](C)(C)CC(N)=O)c3c2)nc(=O)[nH]1. The molecule has 0 aliphatic rings. The summed E-state index contributed by atoms with van der Waals surface area (Å²) in [6.07, 6.45) is 0. The highest BCUT2D eigenvalue weighted by Gasteiger charge is 2.18. The molecule has 194 valence electrons. The Labute approximate surface area is 215 Å². The number of para-hydroxylation sites is 1. The van der Waals surface area contributed by atoms with Crippen LogP contribution in [0.2, 0.25) is 0 Å². The number of nitrogens with two attached hydrogens (primary N) is 1. The fourth-order valence-corrected chi connectivity index (χ4v) is 4.11. The summed E-state index contributed by atoms with van der Waals surface area (Å²) in [5.41, 5.74) is 8.54. The number of quaternary nitrogens is 1. The molecule has 2 aromatic heterocycles. The van der Waals surface area contributed by atoms with Crippen LogP contribution in [0.1, 0.15) is 13.8 Å². The van der Waals surface area contributed by atoms with Crippen molar-refractivity contribution >= 4 is 22.6 Å². The van der Waals surface area contributed by atoms with Crippen molar-refractivity contribution in [3.63, 3.8) is 0 Å². The predicted octanol–water partition coefficient (Wildman–Crippen LogP) is 2.99. The zero-order chi connectivity index (χ0) is 26.6. The van der Waals surface area contributed by atoms with Gasteiger partial charge < -0.3 is 25.3 Å². The van der Waals surface area contributed by atoms with E-state index in [9.17, 15) is 9.59 Å². The zero-order valence-electron chi connectivity index (χ0n) is 21.7. The van der Waals surface area contributed by atoms with E-state index in [1.165, 1.54) is 0 Å². The molecule has 0 aliphatic heterocycles. The Morgan fingerprint density at radius 2 is 1.95 bits per heavy atom. The number of ether oxygens (including phenoxy) is 1. The van der Waals surface area contributed by atoms with Crippen LogP contribution in [0.5, 0.6) is 5.75 Å². The summed E-state index contributed by atoms with van der Waals surface area (Å²) < 4.78 is 6.46. The molecule has 37 heavy (non-hydrogen) atoms. The summed E-state index contributed by atoms with van der Waals surface area (Å²) in [7, 11) is 3.91. The van der Waals surface area contributed by atoms with E-state index in [0.29, 0.717) is 53.1 Å². The van der Waals surface area contributed by atoms with Gasteiger partial charge in [-0.15, -0.1) is 0 Å². The summed E-state index contributed by atoms with van der Waals surface area (Å²) >= 11 is 0. The van der Waals surface area contributed by atoms with Gasteiger partial charge in [-0.1, -0.05) is 32.0 Å². The standard InChI is InChI=1S/C27H33N7O3/c1-17(2)16-37-24-8-6-5-7-19(24)23-14-22(30-27(36)31-23)18-9-10-21-20(13-18)26(33-32-21)29-11-12-34(3,4)15-25(28)35/h5-10,13-14,17H,11-12,15-16H2,1-4H3,(H4-,28,29,30,31,32,33,35,36)/p+1. The summed E-state index contributed by atoms with van der Waals surface area (Å²) in [5, 5.41) is 11.6. The second kappa shape index (κ2) is 10.8. The quantitative estimate of drug-likeness (QED) is 0.232. The van der Waals surface area contributed by atoms with Crippen LogP contribution in [0.3, 0.4) is 0 Å². The van der Waals surface area contributed by atoms with Gasteiger partial charge in [-0.2, -0.15) is 10.1 Å². The van der Waals surface area contributed by atoms with Crippen LogP contribution in [-0.2, 0) is 4.79 Å². The van der Waals surface area contributed by atoms with Gasteiger partial charge in [0.25, 0.3) is 5.91 Å². The second-order valence-corrected chi connectivity index (χ2v) is 10.2. The molecule has 0 saturated carbocycles. The Kier molecular flexibility index (Phi) is 7.58. The van der Waals surface area contributed by atoms with Gasteiger partial charge in [0.1, 0.15) is 5.75 Å². The van der Waals surface area contributed by atoms with Crippen LogP contribution in [0, 0.1) is 5.92 Å². The highest BCUT2D eigenvalue weighted by atomic mass is 16.5. The highest BCUT2D eigenvalue weighted by Crippen LogP contribution is 2.31. The Morgan fingerprint density at radius 1 is 1.16 bits per heavy atom. The lowest BCUT2D eigenvalue weighted by atomic mass is 10.1. The van der Waals surface area contributed by atoms with E-state index in [0.717, 1.165) is 22.0 Å². The smallest absolute Gasteiger partial charge is 0.345 e. The van der Waals surface area contributed by atoms with Gasteiger partial charge >= 0.3 is 5.69 Å². The maximum absolute atomic E-state index is 12.6. The molecule has 5 N–H and O–H groups in total. The molecule has 0 atom stereocenters. The summed E-state index contributed by atoms with van der Waals surface area (Å²) in [5.74, 6) is 1.43. The monoisotopic (exact) mass is 504 g/mol. The third kappa shape index (κ3) is 6.53. The van der Waals surface area contributed by atoms with Gasteiger partial charge in [0.05, 0.1) is 50.7 Å². The fraction of sp³-hybridized carbons (Fsp3) is 0.333. The van der Waals surface area contributed by atoms with Crippen LogP contribution < -0.4 is 21.5 Å². The van der Waals surface area contributed by atoms with E-state index in [4.69, 9.17) is 10.5 Å². The van der Waals surface area contributed by atoms with Gasteiger partial charge in [0, 0.05) is 16.5 Å². The number of primary amides is 1. The number of amides is 1. The van der Waals surface area contributed by atoms with Gasteiger partial charge in [-0.3, -0.25) is 9.89 Å². The Morgan fingerprint density at radius 3 is 2.70 bits per heavy atom. The minimum absolute atomic E-state index is 0.259. The molecule has 10 heteroatoms. The van der Waals surface area contributed by atoms with E-state index in [2.05, 4.69) is 39.3 Å². The third-order valence-corrected chi connectivity index (χ3v) is 5.95. The summed E-state index contributed by atoms with van der Waals surface area (Å²) in [4.78, 5) is 30.9. The van der Waals surface area contributed by atoms with Crippen molar-refractivity contribution in [3.8, 4) is 28.3 Å². The molecule has 2 aromatic carbocycles. The van der Waals surface area contributed by atoms with Crippen molar-refractivity contribution in [2.45, 2.75) is 13.8 Å². The van der Waals surface area contributed by atoms with Crippen molar-refractivity contribution < 1.29 is 14.0 Å². The summed E-state index contributed by atoms with van der Waals surface area (Å²) in [6, 6.07) is 15.3. The number of benzene rings is 2. The normalized spacial score (nSPS) is 11.7. The van der Waals surface area contributed by atoms with Crippen molar-refractivity contribution in [2.24, 2.45) is 11.7 Å². The van der Waals surface area contributed by atoms with Crippen LogP contribution >= 0.6 is 0 Å². The minimum atomic E-state index is -0.439. The van der Waals surface area contributed by atoms with Gasteiger partial charge in [0.15, 0.2) is 12.4 Å². The number of H-pyrrole nitrogens is 2. The second-order valence-electron chi connectivity index (χ2n) is 10.2. The fourth-order valence-electron chi connectivity index (χ4n) is 4.11. The van der Waals surface area contributed by atoms with Crippen LogP contribution in [0.4, 0.5) is 5.82 Å². The number of anilines is 1. The average Bonchev–Trinajstić information content (AvgIpc) is 3.24. The van der Waals surface area contributed by atoms with Crippen molar-refractivity contribution in [1.82, 2.24) is 20.2 Å². The Balaban J connectivity index is 1.62. The van der Waals surface area contributed by atoms with Gasteiger partial charge in [-0.25, -0.2) is 4.79 Å². The zero-order valence-corrected chi connectivity index (χ0v) is 21.7. The minimum Gasteiger partial charge on any atom is -0.493 e. The molecule has 10 nitrogen and oxygen atoms in total. The first kappa shape index (κ1) is 25.9. The van der Waals surface area contributed by atoms with E-state index < -0.39 is 5.69 Å². The predicted molar refractivity (Wildman–Crippen MR) is 145 cm³/mol. The molecule has 2 heterocycles. The van der Waals surface area contributed by atoms with Crippen molar-refractivity contribution in [1.29, 1.82) is 0 Å². The molecule has 0 saturated heterocycles. The number of hydrogen-bond acceptors (Lipinski definition) is 6. The topological polar surface area (TPSA) is 139 Å². The lowest BCUT2D eigenvalue weighted by Gasteiger charge is -2.28. The average molecular weight is 505 g/mol. The van der Waals surface area contributed by atoms with Crippen molar-refractivity contribution in [3.05, 3.63) is 59.0 Å². The molecule has 0 unspecified atom stereocenters. The van der Waals surface area contributed by atoms with E-state index in [-0.39, 0.29) is 12.5 Å². The first-order valence-electron chi connectivity index (χ1n) is 12.3. The maximum atomic E-state index is 12.6. The maximum Gasteiger partial charge on any atom is 0.345 e. The first-order chi connectivity index (χ1) is 17.6. The Bertz CT molecular complexity index is 1460. The molecule has 4 rings (SSSR count). The van der Waals surface area contributed by atoms with E-state index in [1.54, 1.807) is 0 Å². The first-order valence-corrected chi connectivity index (χ1v) is 12.3. The lowest BCUT2D eigenvalue weighted by Crippen LogP contribution is -2.48. The molecule has 0 radical (unpaired) electrons. The molecule has 0 aliphatic carbocycles. The number of nitrogens with one attached hydrogen (secondary N) is 3. The highest BCUT2D eigenvalue weighted by molar-refractivity contribution is 5.93. The number of hydrogen-bond donors (Lipinski definition) is 4. The van der Waals surface area contributed by atoms with E-state index in [1.807, 2.05) is 62.6 Å².